The number of anilines is 1. The SMILES string of the molecule is CC1(C)CCCN1c1ccc(-c2nnc(CCCCOc3ccccc3)o2)cc1. The summed E-state index contributed by atoms with van der Waals surface area (Å²) in [5, 5.41) is 8.43. The van der Waals surface area contributed by atoms with Crippen LogP contribution in [0, 0.1) is 0 Å². The Hall–Kier alpha value is -2.82. The third kappa shape index (κ3) is 4.78. The van der Waals surface area contributed by atoms with Crippen molar-refractivity contribution in [3.05, 3.63) is 60.5 Å². The minimum absolute atomic E-state index is 0.226. The number of rotatable bonds is 8. The fourth-order valence-electron chi connectivity index (χ4n) is 3.93. The first kappa shape index (κ1) is 19.5. The van der Waals surface area contributed by atoms with E-state index in [-0.39, 0.29) is 5.54 Å². The van der Waals surface area contributed by atoms with Gasteiger partial charge in [0.25, 0.3) is 0 Å². The van der Waals surface area contributed by atoms with Gasteiger partial charge in [0.1, 0.15) is 5.75 Å². The fourth-order valence-corrected chi connectivity index (χ4v) is 3.93. The molecule has 1 fully saturated rings. The summed E-state index contributed by atoms with van der Waals surface area (Å²) in [5.41, 5.74) is 2.45. The first-order chi connectivity index (χ1) is 14.1. The second-order valence-corrected chi connectivity index (χ2v) is 8.23. The van der Waals surface area contributed by atoms with Crippen LogP contribution in [0.4, 0.5) is 5.69 Å². The molecular weight excluding hydrogens is 362 g/mol. The highest BCUT2D eigenvalue weighted by molar-refractivity contribution is 5.60. The van der Waals surface area contributed by atoms with E-state index in [1.165, 1.54) is 18.5 Å². The molecule has 0 aliphatic carbocycles. The predicted molar refractivity (Wildman–Crippen MR) is 115 cm³/mol. The van der Waals surface area contributed by atoms with Crippen molar-refractivity contribution in [2.45, 2.75) is 51.5 Å². The van der Waals surface area contributed by atoms with E-state index < -0.39 is 0 Å². The first-order valence-corrected chi connectivity index (χ1v) is 10.5. The van der Waals surface area contributed by atoms with Gasteiger partial charge in [-0.1, -0.05) is 18.2 Å². The molecule has 0 atom stereocenters. The quantitative estimate of drug-likeness (QED) is 0.473. The van der Waals surface area contributed by atoms with E-state index in [1.807, 2.05) is 30.3 Å². The van der Waals surface area contributed by atoms with Crippen LogP contribution >= 0.6 is 0 Å². The predicted octanol–water partition coefficient (Wildman–Crippen LogP) is 5.52. The minimum atomic E-state index is 0.226. The maximum Gasteiger partial charge on any atom is 0.247 e. The van der Waals surface area contributed by atoms with E-state index in [1.54, 1.807) is 0 Å². The Bertz CT molecular complexity index is 903. The van der Waals surface area contributed by atoms with Crippen LogP contribution in [0.3, 0.4) is 0 Å². The Morgan fingerprint density at radius 3 is 2.52 bits per heavy atom. The van der Waals surface area contributed by atoms with Crippen LogP contribution in [0.2, 0.25) is 0 Å². The standard InChI is InChI=1S/C24H29N3O2/c1-24(2)16-8-17-27(24)20-14-12-19(13-15-20)23-26-25-22(29-23)11-6-7-18-28-21-9-4-3-5-10-21/h3-5,9-10,12-15H,6-8,11,16-18H2,1-2H3. The highest BCUT2D eigenvalue weighted by Gasteiger charge is 2.31. The molecular formula is C24H29N3O2. The molecule has 0 N–H and O–H groups in total. The molecule has 2 heterocycles. The average Bonchev–Trinajstić information content (AvgIpc) is 3.35. The third-order valence-corrected chi connectivity index (χ3v) is 5.59. The molecule has 1 aliphatic rings. The number of nitrogens with zero attached hydrogens (tertiary/aromatic N) is 3. The molecule has 0 radical (unpaired) electrons. The smallest absolute Gasteiger partial charge is 0.247 e. The lowest BCUT2D eigenvalue weighted by Crippen LogP contribution is -2.38. The van der Waals surface area contributed by atoms with Crippen molar-refractivity contribution < 1.29 is 9.15 Å². The number of hydrogen-bond acceptors (Lipinski definition) is 5. The summed E-state index contributed by atoms with van der Waals surface area (Å²) in [6.07, 6.45) is 5.16. The van der Waals surface area contributed by atoms with E-state index >= 15 is 0 Å². The van der Waals surface area contributed by atoms with Crippen LogP contribution in [0.15, 0.2) is 59.0 Å². The van der Waals surface area contributed by atoms with Gasteiger partial charge in [-0.25, -0.2) is 0 Å². The van der Waals surface area contributed by atoms with Crippen LogP contribution in [-0.4, -0.2) is 28.9 Å². The summed E-state index contributed by atoms with van der Waals surface area (Å²) in [6.45, 7) is 6.43. The molecule has 0 unspecified atom stereocenters. The lowest BCUT2D eigenvalue weighted by molar-refractivity contribution is 0.304. The number of aromatic nitrogens is 2. The maximum atomic E-state index is 5.86. The Kier molecular flexibility index (Phi) is 5.84. The van der Waals surface area contributed by atoms with Crippen LogP contribution in [-0.2, 0) is 6.42 Å². The molecule has 1 aromatic heterocycles. The van der Waals surface area contributed by atoms with Crippen molar-refractivity contribution in [3.63, 3.8) is 0 Å². The zero-order chi connectivity index (χ0) is 20.1. The lowest BCUT2D eigenvalue weighted by Gasteiger charge is -2.33. The summed E-state index contributed by atoms with van der Waals surface area (Å²) >= 11 is 0. The van der Waals surface area contributed by atoms with E-state index in [0.717, 1.165) is 37.1 Å². The molecule has 4 rings (SSSR count). The van der Waals surface area contributed by atoms with Crippen LogP contribution in [0.5, 0.6) is 5.75 Å². The van der Waals surface area contributed by atoms with Crippen molar-refractivity contribution >= 4 is 5.69 Å². The van der Waals surface area contributed by atoms with Gasteiger partial charge in [0.2, 0.25) is 11.8 Å². The zero-order valence-corrected chi connectivity index (χ0v) is 17.3. The van der Waals surface area contributed by atoms with Gasteiger partial charge < -0.3 is 14.1 Å². The second kappa shape index (κ2) is 8.68. The van der Waals surface area contributed by atoms with Gasteiger partial charge in [-0.05, 0) is 75.9 Å². The number of unbranched alkanes of at least 4 members (excludes halogenated alkanes) is 1. The van der Waals surface area contributed by atoms with E-state index in [0.29, 0.717) is 18.4 Å². The van der Waals surface area contributed by atoms with Gasteiger partial charge in [-0.3, -0.25) is 0 Å². The van der Waals surface area contributed by atoms with Crippen molar-refractivity contribution in [2.75, 3.05) is 18.1 Å². The van der Waals surface area contributed by atoms with Crippen molar-refractivity contribution in [1.29, 1.82) is 0 Å². The van der Waals surface area contributed by atoms with E-state index in [2.05, 4.69) is 53.2 Å². The molecule has 1 saturated heterocycles. The number of hydrogen-bond donors (Lipinski definition) is 0. The Balaban J connectivity index is 1.27. The number of benzene rings is 2. The molecule has 29 heavy (non-hydrogen) atoms. The topological polar surface area (TPSA) is 51.4 Å². The highest BCUT2D eigenvalue weighted by Crippen LogP contribution is 2.34. The number of ether oxygens (including phenoxy) is 1. The molecule has 5 heteroatoms. The molecule has 3 aromatic rings. The normalized spacial score (nSPS) is 15.6. The van der Waals surface area contributed by atoms with Crippen LogP contribution in [0.1, 0.15) is 45.4 Å². The summed E-state index contributed by atoms with van der Waals surface area (Å²) in [6, 6.07) is 18.4. The second-order valence-electron chi connectivity index (χ2n) is 8.23. The highest BCUT2D eigenvalue weighted by atomic mass is 16.5. The average molecular weight is 392 g/mol. The summed E-state index contributed by atoms with van der Waals surface area (Å²) < 4.78 is 11.6. The largest absolute Gasteiger partial charge is 0.494 e. The molecule has 152 valence electrons. The van der Waals surface area contributed by atoms with Gasteiger partial charge in [-0.2, -0.15) is 0 Å². The van der Waals surface area contributed by atoms with Gasteiger partial charge in [0, 0.05) is 29.8 Å². The molecule has 5 nitrogen and oxygen atoms in total. The van der Waals surface area contributed by atoms with Crippen molar-refractivity contribution in [2.24, 2.45) is 0 Å². The molecule has 0 saturated carbocycles. The monoisotopic (exact) mass is 391 g/mol. The minimum Gasteiger partial charge on any atom is -0.494 e. The first-order valence-electron chi connectivity index (χ1n) is 10.5. The Morgan fingerprint density at radius 1 is 1.00 bits per heavy atom. The molecule has 0 bridgehead atoms. The Labute approximate surface area is 172 Å². The lowest BCUT2D eigenvalue weighted by atomic mass is 10.0. The fraction of sp³-hybridized carbons (Fsp3) is 0.417. The third-order valence-electron chi connectivity index (χ3n) is 5.59. The van der Waals surface area contributed by atoms with Gasteiger partial charge in [0.05, 0.1) is 6.61 Å². The number of aryl methyl sites for hydroxylation is 1. The van der Waals surface area contributed by atoms with Gasteiger partial charge in [0.15, 0.2) is 0 Å². The molecule has 2 aromatic carbocycles. The maximum absolute atomic E-state index is 5.86. The van der Waals surface area contributed by atoms with E-state index in [4.69, 9.17) is 9.15 Å². The van der Waals surface area contributed by atoms with Gasteiger partial charge >= 0.3 is 0 Å². The Morgan fingerprint density at radius 2 is 1.79 bits per heavy atom. The van der Waals surface area contributed by atoms with Crippen LogP contribution in [0.25, 0.3) is 11.5 Å². The van der Waals surface area contributed by atoms with Gasteiger partial charge in [-0.15, -0.1) is 10.2 Å². The zero-order valence-electron chi connectivity index (χ0n) is 17.3. The molecule has 0 amide bonds. The van der Waals surface area contributed by atoms with E-state index in [9.17, 15) is 0 Å². The number of para-hydroxylation sites is 1. The van der Waals surface area contributed by atoms with Crippen molar-refractivity contribution in [3.8, 4) is 17.2 Å². The summed E-state index contributed by atoms with van der Waals surface area (Å²) in [5.74, 6) is 2.19. The molecule has 1 aliphatic heterocycles. The summed E-state index contributed by atoms with van der Waals surface area (Å²) in [4.78, 5) is 2.48. The molecule has 0 spiro atoms. The summed E-state index contributed by atoms with van der Waals surface area (Å²) in [7, 11) is 0. The van der Waals surface area contributed by atoms with Crippen LogP contribution < -0.4 is 9.64 Å². The van der Waals surface area contributed by atoms with Crippen molar-refractivity contribution in [1.82, 2.24) is 10.2 Å².